The largest absolute Gasteiger partial charge is 0.253 e. The van der Waals surface area contributed by atoms with Gasteiger partial charge in [0.1, 0.15) is 0 Å². The summed E-state index contributed by atoms with van der Waals surface area (Å²) in [6.45, 7) is 12.1. The van der Waals surface area contributed by atoms with Gasteiger partial charge in [0.25, 0.3) is 0 Å². The SMILES string of the molecule is C/C=C\Cc1cnc2c(n1)=CCC=CC=2.C=C(/C=C/CC)c1ccccc1.CC. The van der Waals surface area contributed by atoms with E-state index in [2.05, 4.69) is 66.0 Å². The standard InChI is InChI=1S/C13H14N2.C12H14.C2H6/c1-2-3-7-11-10-14-12-8-5-4-6-9-13(12)15-11;1-3-4-8-11(2)12-9-6-5-7-10-12;1-2/h2-5,8-10H,6-7H2,1H3;4-10H,2-3H2,1H3;1-2H3/b3-2-;8-4+;. The molecule has 1 aromatic carbocycles. The van der Waals surface area contributed by atoms with Crippen molar-refractivity contribution >= 4 is 17.7 Å². The zero-order valence-electron chi connectivity index (χ0n) is 18.3. The zero-order chi connectivity index (χ0) is 21.3. The van der Waals surface area contributed by atoms with Gasteiger partial charge in [0, 0.05) is 12.6 Å². The molecular weight excluding hydrogens is 352 g/mol. The van der Waals surface area contributed by atoms with E-state index in [1.807, 2.05) is 63.4 Å². The van der Waals surface area contributed by atoms with E-state index in [1.54, 1.807) is 0 Å². The van der Waals surface area contributed by atoms with E-state index < -0.39 is 0 Å². The molecule has 0 aliphatic heterocycles. The fraction of sp³-hybridized carbons (Fsp3) is 0.259. The monoisotopic (exact) mass is 386 g/mol. The summed E-state index contributed by atoms with van der Waals surface area (Å²) in [7, 11) is 0. The summed E-state index contributed by atoms with van der Waals surface area (Å²) in [6.07, 6.45) is 21.3. The molecule has 3 rings (SSSR count). The summed E-state index contributed by atoms with van der Waals surface area (Å²) < 4.78 is 0. The van der Waals surface area contributed by atoms with E-state index in [4.69, 9.17) is 0 Å². The second-order valence-electron chi connectivity index (χ2n) is 6.14. The Morgan fingerprint density at radius 3 is 2.55 bits per heavy atom. The molecule has 1 aromatic heterocycles. The van der Waals surface area contributed by atoms with Gasteiger partial charge in [-0.05, 0) is 37.0 Å². The lowest BCUT2D eigenvalue weighted by Gasteiger charge is -1.97. The van der Waals surface area contributed by atoms with Crippen LogP contribution in [0.4, 0.5) is 0 Å². The molecule has 0 spiro atoms. The first-order chi connectivity index (χ1) is 14.2. The van der Waals surface area contributed by atoms with Crippen molar-refractivity contribution in [3.63, 3.8) is 0 Å². The van der Waals surface area contributed by atoms with Gasteiger partial charge in [0.05, 0.1) is 16.4 Å². The minimum atomic E-state index is 0.859. The van der Waals surface area contributed by atoms with Gasteiger partial charge >= 0.3 is 0 Å². The lowest BCUT2D eigenvalue weighted by atomic mass is 10.1. The van der Waals surface area contributed by atoms with E-state index in [0.717, 1.165) is 41.2 Å². The molecule has 0 fully saturated rings. The molecule has 0 amide bonds. The van der Waals surface area contributed by atoms with Gasteiger partial charge in [-0.3, -0.25) is 4.98 Å². The minimum Gasteiger partial charge on any atom is -0.253 e. The maximum Gasteiger partial charge on any atom is 0.0883 e. The molecule has 0 unspecified atom stereocenters. The van der Waals surface area contributed by atoms with E-state index in [0.29, 0.717) is 0 Å². The van der Waals surface area contributed by atoms with Gasteiger partial charge in [-0.1, -0.05) is 100 Å². The van der Waals surface area contributed by atoms with Crippen LogP contribution in [0.25, 0.3) is 17.7 Å². The number of benzene rings is 1. The predicted octanol–water partition coefficient (Wildman–Crippen LogP) is 5.81. The van der Waals surface area contributed by atoms with Crippen LogP contribution in [-0.4, -0.2) is 9.97 Å². The molecule has 1 aliphatic carbocycles. The average Bonchev–Trinajstić information content (AvgIpc) is 3.03. The van der Waals surface area contributed by atoms with Crippen molar-refractivity contribution in [1.29, 1.82) is 0 Å². The number of nitrogens with zero attached hydrogens (tertiary/aromatic N) is 2. The lowest BCUT2D eigenvalue weighted by molar-refractivity contribution is 0.994. The van der Waals surface area contributed by atoms with E-state index in [1.165, 1.54) is 5.56 Å². The van der Waals surface area contributed by atoms with Crippen molar-refractivity contribution in [2.45, 2.75) is 47.0 Å². The minimum absolute atomic E-state index is 0.859. The highest BCUT2D eigenvalue weighted by Gasteiger charge is 1.95. The first-order valence-electron chi connectivity index (χ1n) is 10.5. The molecule has 0 bridgehead atoms. The van der Waals surface area contributed by atoms with Crippen molar-refractivity contribution in [3.8, 4) is 0 Å². The number of aromatic nitrogens is 2. The number of rotatable bonds is 5. The summed E-state index contributed by atoms with van der Waals surface area (Å²) in [5.41, 5.74) is 3.30. The summed E-state index contributed by atoms with van der Waals surface area (Å²) in [5, 5.41) is 1.97. The third-order valence-corrected chi connectivity index (χ3v) is 3.98. The smallest absolute Gasteiger partial charge is 0.0883 e. The van der Waals surface area contributed by atoms with Gasteiger partial charge in [0.2, 0.25) is 0 Å². The van der Waals surface area contributed by atoms with Crippen LogP contribution >= 0.6 is 0 Å². The predicted molar refractivity (Wildman–Crippen MR) is 129 cm³/mol. The molecule has 152 valence electrons. The third kappa shape index (κ3) is 9.16. The third-order valence-electron chi connectivity index (χ3n) is 3.98. The van der Waals surface area contributed by atoms with Crippen LogP contribution in [0.5, 0.6) is 0 Å². The van der Waals surface area contributed by atoms with Crippen molar-refractivity contribution < 1.29 is 0 Å². The molecule has 0 N–H and O–H groups in total. The molecule has 2 aromatic rings. The van der Waals surface area contributed by atoms with Crippen LogP contribution in [0, 0.1) is 0 Å². The highest BCUT2D eigenvalue weighted by molar-refractivity contribution is 5.71. The van der Waals surface area contributed by atoms with Crippen LogP contribution in [0.1, 0.15) is 51.8 Å². The highest BCUT2D eigenvalue weighted by atomic mass is 14.8. The Hall–Kier alpha value is -3.00. The van der Waals surface area contributed by atoms with E-state index >= 15 is 0 Å². The van der Waals surface area contributed by atoms with Crippen LogP contribution in [0.2, 0.25) is 0 Å². The topological polar surface area (TPSA) is 25.8 Å². The van der Waals surface area contributed by atoms with E-state index in [-0.39, 0.29) is 0 Å². The zero-order valence-corrected chi connectivity index (χ0v) is 18.3. The summed E-state index contributed by atoms with van der Waals surface area (Å²) in [5.74, 6) is 0. The van der Waals surface area contributed by atoms with Crippen LogP contribution < -0.4 is 10.7 Å². The molecule has 0 saturated heterocycles. The van der Waals surface area contributed by atoms with Crippen LogP contribution in [0.15, 0.2) is 79.6 Å². The molecule has 2 nitrogen and oxygen atoms in total. The Morgan fingerprint density at radius 2 is 1.86 bits per heavy atom. The molecule has 1 aliphatic rings. The molecule has 1 heterocycles. The van der Waals surface area contributed by atoms with Gasteiger partial charge < -0.3 is 0 Å². The number of hydrogen-bond donors (Lipinski definition) is 0. The maximum atomic E-state index is 4.57. The second-order valence-corrected chi connectivity index (χ2v) is 6.14. The summed E-state index contributed by atoms with van der Waals surface area (Å²) in [6, 6.07) is 10.2. The summed E-state index contributed by atoms with van der Waals surface area (Å²) >= 11 is 0. The molecule has 2 heteroatoms. The van der Waals surface area contributed by atoms with Crippen molar-refractivity contribution in [3.05, 3.63) is 102 Å². The first-order valence-corrected chi connectivity index (χ1v) is 10.5. The van der Waals surface area contributed by atoms with Gasteiger partial charge in [0.15, 0.2) is 0 Å². The molecule has 29 heavy (non-hydrogen) atoms. The average molecular weight is 387 g/mol. The number of hydrogen-bond acceptors (Lipinski definition) is 2. The Labute approximate surface area is 176 Å². The molecule has 0 atom stereocenters. The Kier molecular flexibility index (Phi) is 12.4. The number of allylic oxidation sites excluding steroid dienone is 7. The normalized spacial score (nSPS) is 11.9. The van der Waals surface area contributed by atoms with Gasteiger partial charge in [-0.2, -0.15) is 0 Å². The molecule has 0 saturated carbocycles. The molecule has 0 radical (unpaired) electrons. The van der Waals surface area contributed by atoms with Gasteiger partial charge in [-0.25, -0.2) is 4.98 Å². The van der Waals surface area contributed by atoms with Crippen LogP contribution in [-0.2, 0) is 6.42 Å². The Bertz CT molecular complexity index is 932. The quantitative estimate of drug-likeness (QED) is 0.479. The maximum absolute atomic E-state index is 4.57. The van der Waals surface area contributed by atoms with E-state index in [9.17, 15) is 0 Å². The van der Waals surface area contributed by atoms with Crippen LogP contribution in [0.3, 0.4) is 0 Å². The molecular formula is C27H34N2. The Balaban J connectivity index is 0.000000273. The lowest BCUT2D eigenvalue weighted by Crippen LogP contribution is -2.31. The van der Waals surface area contributed by atoms with Crippen molar-refractivity contribution in [2.24, 2.45) is 0 Å². The number of fused-ring (bicyclic) bond motifs is 1. The summed E-state index contributed by atoms with van der Waals surface area (Å²) in [4.78, 5) is 8.97. The fourth-order valence-electron chi connectivity index (χ4n) is 2.49. The first kappa shape index (κ1) is 24.0. The highest BCUT2D eigenvalue weighted by Crippen LogP contribution is 2.12. The van der Waals surface area contributed by atoms with Crippen molar-refractivity contribution in [2.75, 3.05) is 0 Å². The van der Waals surface area contributed by atoms with Gasteiger partial charge in [-0.15, -0.1) is 0 Å². The Morgan fingerprint density at radius 1 is 1.10 bits per heavy atom. The van der Waals surface area contributed by atoms with Crippen molar-refractivity contribution in [1.82, 2.24) is 9.97 Å². The second kappa shape index (κ2) is 15.0. The fourth-order valence-corrected chi connectivity index (χ4v) is 2.49.